The smallest absolute Gasteiger partial charge is 0.236 e. The van der Waals surface area contributed by atoms with Crippen LogP contribution in [0.1, 0.15) is 25.7 Å². The van der Waals surface area contributed by atoms with Crippen LogP contribution in [0.15, 0.2) is 0 Å². The van der Waals surface area contributed by atoms with Crippen LogP contribution in [0.4, 0.5) is 0 Å². The molecule has 24 heavy (non-hydrogen) atoms. The molecule has 136 valence electrons. The minimum absolute atomic E-state index is 0.236. The zero-order chi connectivity index (χ0) is 17.1. The second kappa shape index (κ2) is 7.83. The van der Waals surface area contributed by atoms with Crippen molar-refractivity contribution in [3.05, 3.63) is 0 Å². The van der Waals surface area contributed by atoms with Gasteiger partial charge in [-0.05, 0) is 58.8 Å². The highest BCUT2D eigenvalue weighted by Gasteiger charge is 2.35. The number of carbonyl (C=O) groups excluding carboxylic acids is 2. The molecule has 0 aromatic heterocycles. The Labute approximate surface area is 145 Å². The molecule has 0 spiro atoms. The number of hydrogen-bond donors (Lipinski definition) is 0. The largest absolute Gasteiger partial charge is 0.339 e. The number of amides is 2. The Kier molecular flexibility index (Phi) is 5.76. The lowest BCUT2D eigenvalue weighted by atomic mass is 9.96. The van der Waals surface area contributed by atoms with Crippen molar-refractivity contribution in [2.75, 3.05) is 66.5 Å². The summed E-state index contributed by atoms with van der Waals surface area (Å²) in [6.07, 6.45) is 4.49. The number of piperidine rings is 1. The van der Waals surface area contributed by atoms with Crippen molar-refractivity contribution < 1.29 is 9.59 Å². The van der Waals surface area contributed by atoms with Gasteiger partial charge in [-0.2, -0.15) is 0 Å². The molecule has 0 bridgehead atoms. The average Bonchev–Trinajstić information content (AvgIpc) is 3.40. The van der Waals surface area contributed by atoms with Gasteiger partial charge in [-0.1, -0.05) is 0 Å². The minimum atomic E-state index is 0.236. The summed E-state index contributed by atoms with van der Waals surface area (Å²) in [7, 11) is 4.26. The molecule has 3 rings (SSSR count). The van der Waals surface area contributed by atoms with Gasteiger partial charge in [0.1, 0.15) is 0 Å². The van der Waals surface area contributed by atoms with Crippen molar-refractivity contribution in [1.29, 1.82) is 0 Å². The third kappa shape index (κ3) is 4.70. The maximum Gasteiger partial charge on any atom is 0.236 e. The van der Waals surface area contributed by atoms with E-state index in [0.717, 1.165) is 38.4 Å². The summed E-state index contributed by atoms with van der Waals surface area (Å²) in [5.74, 6) is 1.60. The maximum atomic E-state index is 12.5. The van der Waals surface area contributed by atoms with Gasteiger partial charge in [0.15, 0.2) is 0 Å². The van der Waals surface area contributed by atoms with Gasteiger partial charge in [0, 0.05) is 38.6 Å². The fourth-order valence-electron chi connectivity index (χ4n) is 3.90. The molecule has 6 nitrogen and oxygen atoms in total. The lowest BCUT2D eigenvalue weighted by Crippen LogP contribution is -2.53. The zero-order valence-corrected chi connectivity index (χ0v) is 15.2. The highest BCUT2D eigenvalue weighted by atomic mass is 16.2. The van der Waals surface area contributed by atoms with Gasteiger partial charge in [-0.25, -0.2) is 0 Å². The lowest BCUT2D eigenvalue weighted by molar-refractivity contribution is -0.141. The average molecular weight is 336 g/mol. The fraction of sp³-hybridized carbons (Fsp3) is 0.889. The standard InChI is InChI=1S/C18H32N4O2/c1-19(2)13-15-5-7-20(8-6-15)14-17(23)21-9-11-22(12-10-21)18(24)16-3-4-16/h15-16H,3-14H2,1-2H3. The van der Waals surface area contributed by atoms with Gasteiger partial charge in [-0.15, -0.1) is 0 Å². The van der Waals surface area contributed by atoms with Gasteiger partial charge in [0.05, 0.1) is 6.54 Å². The molecule has 2 aliphatic heterocycles. The summed E-state index contributed by atoms with van der Waals surface area (Å²) in [6, 6.07) is 0. The summed E-state index contributed by atoms with van der Waals surface area (Å²) in [4.78, 5) is 33.1. The number of hydrogen-bond acceptors (Lipinski definition) is 4. The van der Waals surface area contributed by atoms with Crippen LogP contribution in [0.5, 0.6) is 0 Å². The predicted octanol–water partition coefficient (Wildman–Crippen LogP) is 0.341. The van der Waals surface area contributed by atoms with Gasteiger partial charge >= 0.3 is 0 Å². The predicted molar refractivity (Wildman–Crippen MR) is 93.6 cm³/mol. The van der Waals surface area contributed by atoms with Crippen molar-refractivity contribution in [3.8, 4) is 0 Å². The first-order chi connectivity index (χ1) is 11.5. The summed E-state index contributed by atoms with van der Waals surface area (Å²) >= 11 is 0. The van der Waals surface area contributed by atoms with Crippen LogP contribution in [0.25, 0.3) is 0 Å². The van der Waals surface area contributed by atoms with Crippen LogP contribution >= 0.6 is 0 Å². The summed E-state index contributed by atoms with van der Waals surface area (Å²) in [6.45, 7) is 6.60. The molecule has 2 saturated heterocycles. The number of rotatable bonds is 5. The molecule has 0 aromatic rings. The number of nitrogens with zero attached hydrogens (tertiary/aromatic N) is 4. The van der Waals surface area contributed by atoms with Gasteiger partial charge in [-0.3, -0.25) is 14.5 Å². The van der Waals surface area contributed by atoms with Crippen molar-refractivity contribution in [3.63, 3.8) is 0 Å². The van der Waals surface area contributed by atoms with E-state index >= 15 is 0 Å². The lowest BCUT2D eigenvalue weighted by Gasteiger charge is -2.37. The molecule has 1 saturated carbocycles. The second-order valence-corrected chi connectivity index (χ2v) is 7.96. The van der Waals surface area contributed by atoms with Gasteiger partial charge in [0.2, 0.25) is 11.8 Å². The highest BCUT2D eigenvalue weighted by molar-refractivity contribution is 5.82. The molecule has 2 heterocycles. The Morgan fingerprint density at radius 2 is 1.46 bits per heavy atom. The van der Waals surface area contributed by atoms with Crippen LogP contribution in [-0.2, 0) is 9.59 Å². The second-order valence-electron chi connectivity index (χ2n) is 7.96. The Bertz CT molecular complexity index is 448. The molecule has 0 aromatic carbocycles. The molecular weight excluding hydrogens is 304 g/mol. The third-order valence-electron chi connectivity index (χ3n) is 5.56. The molecule has 0 unspecified atom stereocenters. The topological polar surface area (TPSA) is 47.1 Å². The Morgan fingerprint density at radius 3 is 2.00 bits per heavy atom. The van der Waals surface area contributed by atoms with Crippen molar-refractivity contribution in [2.24, 2.45) is 11.8 Å². The summed E-state index contributed by atoms with van der Waals surface area (Å²) in [5.41, 5.74) is 0. The van der Waals surface area contributed by atoms with Crippen LogP contribution in [-0.4, -0.2) is 97.9 Å². The van der Waals surface area contributed by atoms with Crippen molar-refractivity contribution in [1.82, 2.24) is 19.6 Å². The monoisotopic (exact) mass is 336 g/mol. The zero-order valence-electron chi connectivity index (χ0n) is 15.2. The van der Waals surface area contributed by atoms with Crippen molar-refractivity contribution >= 4 is 11.8 Å². The van der Waals surface area contributed by atoms with E-state index in [1.807, 2.05) is 9.80 Å². The molecule has 2 amide bonds. The molecule has 1 aliphatic carbocycles. The van der Waals surface area contributed by atoms with E-state index in [4.69, 9.17) is 0 Å². The summed E-state index contributed by atoms with van der Waals surface area (Å²) < 4.78 is 0. The first-order valence-electron chi connectivity index (χ1n) is 9.46. The maximum absolute atomic E-state index is 12.5. The summed E-state index contributed by atoms with van der Waals surface area (Å²) in [5, 5.41) is 0. The molecule has 3 fully saturated rings. The van der Waals surface area contributed by atoms with Gasteiger partial charge < -0.3 is 14.7 Å². The van der Waals surface area contributed by atoms with Crippen molar-refractivity contribution in [2.45, 2.75) is 25.7 Å². The van der Waals surface area contributed by atoms with E-state index in [1.54, 1.807) is 0 Å². The van der Waals surface area contributed by atoms with E-state index in [1.165, 1.54) is 12.8 Å². The first kappa shape index (κ1) is 17.7. The molecular formula is C18H32N4O2. The fourth-order valence-corrected chi connectivity index (χ4v) is 3.90. The number of piperazine rings is 1. The molecule has 6 heteroatoms. The third-order valence-corrected chi connectivity index (χ3v) is 5.56. The number of likely N-dealkylation sites (tertiary alicyclic amines) is 1. The van der Waals surface area contributed by atoms with Crippen LogP contribution in [0.2, 0.25) is 0 Å². The molecule has 3 aliphatic rings. The van der Waals surface area contributed by atoms with Gasteiger partial charge in [0.25, 0.3) is 0 Å². The van der Waals surface area contributed by atoms with E-state index in [2.05, 4.69) is 23.9 Å². The minimum Gasteiger partial charge on any atom is -0.339 e. The molecule has 0 N–H and O–H groups in total. The van der Waals surface area contributed by atoms with Crippen LogP contribution < -0.4 is 0 Å². The Morgan fingerprint density at radius 1 is 0.875 bits per heavy atom. The van der Waals surface area contributed by atoms with E-state index < -0.39 is 0 Å². The van der Waals surface area contributed by atoms with E-state index in [0.29, 0.717) is 38.6 Å². The highest BCUT2D eigenvalue weighted by Crippen LogP contribution is 2.31. The van der Waals surface area contributed by atoms with E-state index in [-0.39, 0.29) is 11.8 Å². The molecule has 0 radical (unpaired) electrons. The van der Waals surface area contributed by atoms with E-state index in [9.17, 15) is 9.59 Å². The van der Waals surface area contributed by atoms with Crippen LogP contribution in [0.3, 0.4) is 0 Å². The first-order valence-corrected chi connectivity index (χ1v) is 9.46. The Hall–Kier alpha value is -1.14. The number of carbonyl (C=O) groups is 2. The quantitative estimate of drug-likeness (QED) is 0.726. The van der Waals surface area contributed by atoms with Crippen LogP contribution in [0, 0.1) is 11.8 Å². The Balaban J connectivity index is 1.36. The molecule has 0 atom stereocenters. The normalized spacial score (nSPS) is 23.8. The SMILES string of the molecule is CN(C)CC1CCN(CC(=O)N2CCN(C(=O)C3CC3)CC2)CC1.